The first kappa shape index (κ1) is 11.7. The van der Waals surface area contributed by atoms with Gasteiger partial charge in [-0.05, 0) is 12.0 Å². The first-order valence-electron chi connectivity index (χ1n) is 5.73. The summed E-state index contributed by atoms with van der Waals surface area (Å²) >= 11 is 0. The Morgan fingerprint density at radius 1 is 1.53 bits per heavy atom. The first-order chi connectivity index (χ1) is 8.13. The molecule has 0 aromatic carbocycles. The molecular formula is C12H16N4O. The quantitative estimate of drug-likeness (QED) is 0.836. The van der Waals surface area contributed by atoms with Crippen molar-refractivity contribution in [3.63, 3.8) is 0 Å². The second-order valence-electron chi connectivity index (χ2n) is 4.26. The van der Waals surface area contributed by atoms with Crippen LogP contribution >= 0.6 is 0 Å². The molecule has 5 nitrogen and oxygen atoms in total. The van der Waals surface area contributed by atoms with Crippen LogP contribution in [0.25, 0.3) is 10.9 Å². The SMILES string of the molecule is CC[C@@H](C)[C@H](N)c1nc2cnccc2c(=O)[nH]1. The molecule has 17 heavy (non-hydrogen) atoms. The summed E-state index contributed by atoms with van der Waals surface area (Å²) in [5, 5.41) is 0.542. The van der Waals surface area contributed by atoms with E-state index in [9.17, 15) is 4.79 Å². The lowest BCUT2D eigenvalue weighted by Crippen LogP contribution is -2.24. The number of H-pyrrole nitrogens is 1. The van der Waals surface area contributed by atoms with E-state index in [1.807, 2.05) is 6.92 Å². The van der Waals surface area contributed by atoms with E-state index < -0.39 is 0 Å². The van der Waals surface area contributed by atoms with Crippen LogP contribution in [0.3, 0.4) is 0 Å². The standard InChI is InChI=1S/C12H16N4O/c1-3-7(2)10(13)11-15-9-6-14-5-4-8(9)12(17)16-11/h4-7,10H,3,13H2,1-2H3,(H,15,16,17)/t7-,10+/m1/s1. The van der Waals surface area contributed by atoms with Crippen LogP contribution in [0, 0.1) is 5.92 Å². The molecule has 2 heterocycles. The highest BCUT2D eigenvalue weighted by Crippen LogP contribution is 2.18. The summed E-state index contributed by atoms with van der Waals surface area (Å²) in [5.74, 6) is 0.803. The lowest BCUT2D eigenvalue weighted by atomic mass is 9.99. The minimum atomic E-state index is -0.252. The second kappa shape index (κ2) is 4.63. The lowest BCUT2D eigenvalue weighted by Gasteiger charge is -2.17. The van der Waals surface area contributed by atoms with Crippen molar-refractivity contribution in [2.45, 2.75) is 26.3 Å². The van der Waals surface area contributed by atoms with Crippen molar-refractivity contribution in [3.8, 4) is 0 Å². The predicted octanol–water partition coefficient (Wildman–Crippen LogP) is 1.36. The maximum absolute atomic E-state index is 11.8. The molecule has 0 saturated heterocycles. The van der Waals surface area contributed by atoms with Gasteiger partial charge < -0.3 is 10.7 Å². The number of hydrogen-bond donors (Lipinski definition) is 2. The Morgan fingerprint density at radius 3 is 3.00 bits per heavy atom. The average molecular weight is 232 g/mol. The Balaban J connectivity index is 2.54. The summed E-state index contributed by atoms with van der Waals surface area (Å²) in [7, 11) is 0. The minimum Gasteiger partial charge on any atom is -0.321 e. The van der Waals surface area contributed by atoms with Crippen LogP contribution in [-0.2, 0) is 0 Å². The van der Waals surface area contributed by atoms with E-state index >= 15 is 0 Å². The number of nitrogens with one attached hydrogen (secondary N) is 1. The van der Waals surface area contributed by atoms with Crippen molar-refractivity contribution in [3.05, 3.63) is 34.6 Å². The number of aromatic nitrogens is 3. The van der Waals surface area contributed by atoms with Crippen LogP contribution in [0.2, 0.25) is 0 Å². The number of hydrogen-bond acceptors (Lipinski definition) is 4. The molecule has 2 atom stereocenters. The van der Waals surface area contributed by atoms with E-state index in [0.29, 0.717) is 16.7 Å². The van der Waals surface area contributed by atoms with Gasteiger partial charge in [-0.15, -0.1) is 0 Å². The second-order valence-corrected chi connectivity index (χ2v) is 4.26. The number of aromatic amines is 1. The van der Waals surface area contributed by atoms with Crippen molar-refractivity contribution >= 4 is 10.9 Å². The molecule has 0 aliphatic rings. The van der Waals surface area contributed by atoms with Gasteiger partial charge in [0.1, 0.15) is 5.82 Å². The summed E-state index contributed by atoms with van der Waals surface area (Å²) in [4.78, 5) is 22.9. The lowest BCUT2D eigenvalue weighted by molar-refractivity contribution is 0.439. The number of fused-ring (bicyclic) bond motifs is 1. The zero-order valence-corrected chi connectivity index (χ0v) is 9.97. The molecule has 0 aliphatic carbocycles. The topological polar surface area (TPSA) is 84.7 Å². The highest BCUT2D eigenvalue weighted by molar-refractivity contribution is 5.75. The van der Waals surface area contributed by atoms with Crippen molar-refractivity contribution in [1.29, 1.82) is 0 Å². The Morgan fingerprint density at radius 2 is 2.29 bits per heavy atom. The van der Waals surface area contributed by atoms with Crippen LogP contribution < -0.4 is 11.3 Å². The molecule has 0 unspecified atom stereocenters. The Labute approximate surface area is 99.1 Å². The van der Waals surface area contributed by atoms with E-state index in [1.165, 1.54) is 0 Å². The molecule has 0 amide bonds. The average Bonchev–Trinajstić information content (AvgIpc) is 2.37. The van der Waals surface area contributed by atoms with Gasteiger partial charge in [-0.25, -0.2) is 4.98 Å². The van der Waals surface area contributed by atoms with Crippen molar-refractivity contribution in [1.82, 2.24) is 15.0 Å². The van der Waals surface area contributed by atoms with Gasteiger partial charge in [-0.1, -0.05) is 20.3 Å². The van der Waals surface area contributed by atoms with Gasteiger partial charge in [-0.3, -0.25) is 9.78 Å². The third-order valence-corrected chi connectivity index (χ3v) is 3.10. The fraction of sp³-hybridized carbons (Fsp3) is 0.417. The maximum Gasteiger partial charge on any atom is 0.258 e. The molecule has 0 radical (unpaired) electrons. The zero-order chi connectivity index (χ0) is 12.4. The van der Waals surface area contributed by atoms with Gasteiger partial charge >= 0.3 is 0 Å². The van der Waals surface area contributed by atoms with Crippen LogP contribution in [0.1, 0.15) is 32.1 Å². The summed E-state index contributed by atoms with van der Waals surface area (Å²) in [5.41, 5.74) is 6.48. The van der Waals surface area contributed by atoms with Gasteiger partial charge in [0.05, 0.1) is 23.1 Å². The molecule has 2 aromatic rings. The normalized spacial score (nSPS) is 14.8. The largest absolute Gasteiger partial charge is 0.321 e. The van der Waals surface area contributed by atoms with Crippen LogP contribution in [0.4, 0.5) is 0 Å². The molecule has 0 saturated carbocycles. The monoisotopic (exact) mass is 232 g/mol. The zero-order valence-electron chi connectivity index (χ0n) is 9.97. The van der Waals surface area contributed by atoms with Gasteiger partial charge in [0.15, 0.2) is 0 Å². The van der Waals surface area contributed by atoms with Crippen LogP contribution in [0.15, 0.2) is 23.3 Å². The maximum atomic E-state index is 11.8. The Hall–Kier alpha value is -1.75. The molecule has 5 heteroatoms. The molecule has 90 valence electrons. The molecule has 2 aromatic heterocycles. The molecule has 0 bridgehead atoms. The fourth-order valence-corrected chi connectivity index (χ4v) is 1.69. The van der Waals surface area contributed by atoms with E-state index in [0.717, 1.165) is 6.42 Å². The predicted molar refractivity (Wildman–Crippen MR) is 66.5 cm³/mol. The first-order valence-corrected chi connectivity index (χ1v) is 5.73. The summed E-state index contributed by atoms with van der Waals surface area (Å²) < 4.78 is 0. The van der Waals surface area contributed by atoms with Gasteiger partial charge in [-0.2, -0.15) is 0 Å². The van der Waals surface area contributed by atoms with Crippen LogP contribution in [0.5, 0.6) is 0 Å². The molecular weight excluding hydrogens is 216 g/mol. The summed E-state index contributed by atoms with van der Waals surface area (Å²) in [6, 6.07) is 1.40. The highest BCUT2D eigenvalue weighted by atomic mass is 16.1. The van der Waals surface area contributed by atoms with Gasteiger partial charge in [0.2, 0.25) is 0 Å². The van der Waals surface area contributed by atoms with Crippen molar-refractivity contribution in [2.75, 3.05) is 0 Å². The molecule has 2 rings (SSSR count). The van der Waals surface area contributed by atoms with Crippen LogP contribution in [-0.4, -0.2) is 15.0 Å². The van der Waals surface area contributed by atoms with E-state index in [-0.39, 0.29) is 17.5 Å². The smallest absolute Gasteiger partial charge is 0.258 e. The van der Waals surface area contributed by atoms with E-state index in [1.54, 1.807) is 18.5 Å². The number of nitrogens with two attached hydrogens (primary N) is 1. The van der Waals surface area contributed by atoms with Gasteiger partial charge in [0.25, 0.3) is 5.56 Å². The highest BCUT2D eigenvalue weighted by Gasteiger charge is 2.16. The van der Waals surface area contributed by atoms with Gasteiger partial charge in [0, 0.05) is 6.20 Å². The third-order valence-electron chi connectivity index (χ3n) is 3.10. The molecule has 0 fully saturated rings. The van der Waals surface area contributed by atoms with E-state index in [4.69, 9.17) is 5.73 Å². The Bertz CT molecular complexity index is 578. The van der Waals surface area contributed by atoms with E-state index in [2.05, 4.69) is 21.9 Å². The Kier molecular flexibility index (Phi) is 3.19. The molecule has 0 aliphatic heterocycles. The fourth-order valence-electron chi connectivity index (χ4n) is 1.69. The van der Waals surface area contributed by atoms with Crippen molar-refractivity contribution in [2.24, 2.45) is 11.7 Å². The molecule has 3 N–H and O–H groups in total. The number of rotatable bonds is 3. The number of nitrogens with zero attached hydrogens (tertiary/aromatic N) is 2. The summed E-state index contributed by atoms with van der Waals surface area (Å²) in [6.45, 7) is 4.10. The van der Waals surface area contributed by atoms with Crippen molar-refractivity contribution < 1.29 is 0 Å². The number of pyridine rings is 1. The minimum absolute atomic E-state index is 0.161. The summed E-state index contributed by atoms with van der Waals surface area (Å²) in [6.07, 6.45) is 4.10. The third kappa shape index (κ3) is 2.19. The molecule has 0 spiro atoms.